The Morgan fingerprint density at radius 1 is 1.53 bits per heavy atom. The van der Waals surface area contributed by atoms with Crippen molar-refractivity contribution >= 4 is 11.6 Å². The van der Waals surface area contributed by atoms with E-state index in [-0.39, 0.29) is 17.3 Å². The van der Waals surface area contributed by atoms with Gasteiger partial charge in [-0.1, -0.05) is 23.7 Å². The Labute approximate surface area is 102 Å². The van der Waals surface area contributed by atoms with Crippen LogP contribution in [0, 0.1) is 5.82 Å². The smallest absolute Gasteiger partial charge is 0.261 e. The van der Waals surface area contributed by atoms with Crippen molar-refractivity contribution in [2.45, 2.75) is 19.4 Å². The Balaban J connectivity index is 2.40. The van der Waals surface area contributed by atoms with Gasteiger partial charge in [0, 0.05) is 5.02 Å². The molecule has 1 aromatic carbocycles. The summed E-state index contributed by atoms with van der Waals surface area (Å²) in [6, 6.07) is 4.04. The predicted molar refractivity (Wildman–Crippen MR) is 60.0 cm³/mol. The molecule has 1 N–H and O–H groups in total. The number of aliphatic hydroxyl groups excluding tert-OH is 1. The first-order valence-electron chi connectivity index (χ1n) is 5.09. The summed E-state index contributed by atoms with van der Waals surface area (Å²) in [6.45, 7) is 1.78. The molecule has 0 aliphatic rings. The van der Waals surface area contributed by atoms with Crippen LogP contribution in [0.4, 0.5) is 4.39 Å². The zero-order chi connectivity index (χ0) is 12.4. The van der Waals surface area contributed by atoms with E-state index in [1.807, 2.05) is 0 Å². The molecule has 0 amide bonds. The summed E-state index contributed by atoms with van der Waals surface area (Å²) in [5.41, 5.74) is 0.125. The van der Waals surface area contributed by atoms with Gasteiger partial charge in [0.05, 0.1) is 5.56 Å². The zero-order valence-electron chi connectivity index (χ0n) is 9.02. The Bertz CT molecular complexity index is 530. The third-order valence-electron chi connectivity index (χ3n) is 2.29. The lowest BCUT2D eigenvalue weighted by molar-refractivity contribution is 0.159. The van der Waals surface area contributed by atoms with Gasteiger partial charge >= 0.3 is 0 Å². The second kappa shape index (κ2) is 4.81. The van der Waals surface area contributed by atoms with Crippen molar-refractivity contribution in [3.8, 4) is 11.5 Å². The molecule has 2 aromatic rings. The second-order valence-electron chi connectivity index (χ2n) is 3.51. The molecule has 1 aromatic heterocycles. The van der Waals surface area contributed by atoms with Gasteiger partial charge in [-0.05, 0) is 24.6 Å². The molecule has 0 aliphatic heterocycles. The number of hydrogen-bond donors (Lipinski definition) is 1. The molecule has 1 heterocycles. The lowest BCUT2D eigenvalue weighted by atomic mass is 10.2. The minimum Gasteiger partial charge on any atom is -0.385 e. The normalized spacial score (nSPS) is 12.7. The standard InChI is InChI=1S/C11H10ClFN2O2/c1-2-9(16)10-14-11(17-15-10)7-5-6(12)3-4-8(7)13/h3-5,9,16H,2H2,1H3. The molecular formula is C11H10ClFN2O2. The molecule has 0 aliphatic carbocycles. The fourth-order valence-electron chi connectivity index (χ4n) is 1.32. The van der Waals surface area contributed by atoms with Gasteiger partial charge in [0.2, 0.25) is 5.82 Å². The fourth-order valence-corrected chi connectivity index (χ4v) is 1.50. The van der Waals surface area contributed by atoms with Crippen LogP contribution in [0.5, 0.6) is 0 Å². The van der Waals surface area contributed by atoms with Gasteiger partial charge in [-0.15, -0.1) is 0 Å². The minimum absolute atomic E-state index is 0.00694. The highest BCUT2D eigenvalue weighted by Gasteiger charge is 2.17. The number of hydrogen-bond acceptors (Lipinski definition) is 4. The van der Waals surface area contributed by atoms with E-state index in [4.69, 9.17) is 16.1 Å². The van der Waals surface area contributed by atoms with Gasteiger partial charge in [0.15, 0.2) is 0 Å². The first-order valence-corrected chi connectivity index (χ1v) is 5.46. The monoisotopic (exact) mass is 256 g/mol. The first-order chi connectivity index (χ1) is 8.11. The Morgan fingerprint density at radius 2 is 2.29 bits per heavy atom. The van der Waals surface area contributed by atoms with E-state index in [0.717, 1.165) is 0 Å². The largest absolute Gasteiger partial charge is 0.385 e. The minimum atomic E-state index is -0.810. The highest BCUT2D eigenvalue weighted by Crippen LogP contribution is 2.25. The van der Waals surface area contributed by atoms with Crippen LogP contribution < -0.4 is 0 Å². The summed E-state index contributed by atoms with van der Waals surface area (Å²) >= 11 is 5.76. The predicted octanol–water partition coefficient (Wildman–Crippen LogP) is 2.97. The highest BCUT2D eigenvalue weighted by molar-refractivity contribution is 6.30. The third kappa shape index (κ3) is 2.45. The van der Waals surface area contributed by atoms with Gasteiger partial charge in [-0.3, -0.25) is 0 Å². The number of nitrogens with zero attached hydrogens (tertiary/aromatic N) is 2. The first kappa shape index (κ1) is 12.0. The topological polar surface area (TPSA) is 59.2 Å². The summed E-state index contributed by atoms with van der Waals surface area (Å²) in [7, 11) is 0. The molecule has 90 valence electrons. The van der Waals surface area contributed by atoms with Crippen molar-refractivity contribution in [3.05, 3.63) is 34.9 Å². The molecule has 4 nitrogen and oxygen atoms in total. The average Bonchev–Trinajstić information content (AvgIpc) is 2.80. The maximum Gasteiger partial charge on any atom is 0.261 e. The van der Waals surface area contributed by atoms with Crippen LogP contribution in [0.15, 0.2) is 22.7 Å². The summed E-state index contributed by atoms with van der Waals surface area (Å²) in [4.78, 5) is 3.93. The molecule has 6 heteroatoms. The molecule has 2 rings (SSSR count). The van der Waals surface area contributed by atoms with Crippen molar-refractivity contribution < 1.29 is 14.0 Å². The van der Waals surface area contributed by atoms with Gasteiger partial charge in [-0.25, -0.2) is 4.39 Å². The Hall–Kier alpha value is -1.46. The summed E-state index contributed by atoms with van der Waals surface area (Å²) in [6.07, 6.45) is -0.355. The van der Waals surface area contributed by atoms with Crippen LogP contribution in [0.3, 0.4) is 0 Å². The van der Waals surface area contributed by atoms with Gasteiger partial charge < -0.3 is 9.63 Å². The number of rotatable bonds is 3. The molecule has 0 radical (unpaired) electrons. The molecule has 0 fully saturated rings. The quantitative estimate of drug-likeness (QED) is 0.917. The highest BCUT2D eigenvalue weighted by atomic mass is 35.5. The number of halogens is 2. The van der Waals surface area contributed by atoms with Crippen LogP contribution in [0.1, 0.15) is 25.3 Å². The average molecular weight is 257 g/mol. The molecular weight excluding hydrogens is 247 g/mol. The van der Waals surface area contributed by atoms with Crippen LogP contribution in [-0.2, 0) is 0 Å². The van der Waals surface area contributed by atoms with Crippen LogP contribution in [0.25, 0.3) is 11.5 Å². The van der Waals surface area contributed by atoms with E-state index in [1.165, 1.54) is 18.2 Å². The summed E-state index contributed by atoms with van der Waals surface area (Å²) in [5, 5.41) is 13.5. The van der Waals surface area contributed by atoms with Gasteiger partial charge in [0.1, 0.15) is 11.9 Å². The van der Waals surface area contributed by atoms with Crippen LogP contribution >= 0.6 is 11.6 Å². The number of aliphatic hydroxyl groups is 1. The van der Waals surface area contributed by atoms with Gasteiger partial charge in [-0.2, -0.15) is 4.98 Å². The number of benzene rings is 1. The molecule has 0 saturated heterocycles. The van der Waals surface area contributed by atoms with Crippen LogP contribution in [0.2, 0.25) is 5.02 Å². The molecule has 0 bridgehead atoms. The molecule has 0 saturated carbocycles. The molecule has 1 atom stereocenters. The Morgan fingerprint density at radius 3 is 3.00 bits per heavy atom. The van der Waals surface area contributed by atoms with E-state index in [0.29, 0.717) is 11.4 Å². The molecule has 0 spiro atoms. The Kier molecular flexibility index (Phi) is 3.40. The molecule has 17 heavy (non-hydrogen) atoms. The lowest BCUT2D eigenvalue weighted by Crippen LogP contribution is -1.97. The SMILES string of the molecule is CCC(O)c1noc(-c2cc(Cl)ccc2F)n1. The van der Waals surface area contributed by atoms with Crippen molar-refractivity contribution in [3.63, 3.8) is 0 Å². The maximum atomic E-state index is 13.5. The van der Waals surface area contributed by atoms with Crippen molar-refractivity contribution in [2.75, 3.05) is 0 Å². The second-order valence-corrected chi connectivity index (χ2v) is 3.94. The fraction of sp³-hybridized carbons (Fsp3) is 0.273. The summed E-state index contributed by atoms with van der Waals surface area (Å²) in [5.74, 6) is -0.357. The van der Waals surface area contributed by atoms with Crippen molar-refractivity contribution in [2.24, 2.45) is 0 Å². The third-order valence-corrected chi connectivity index (χ3v) is 2.52. The van der Waals surface area contributed by atoms with E-state index < -0.39 is 11.9 Å². The van der Waals surface area contributed by atoms with Gasteiger partial charge in [0.25, 0.3) is 5.89 Å². The number of aromatic nitrogens is 2. The zero-order valence-corrected chi connectivity index (χ0v) is 9.78. The maximum absolute atomic E-state index is 13.5. The lowest BCUT2D eigenvalue weighted by Gasteiger charge is -1.99. The van der Waals surface area contributed by atoms with E-state index in [9.17, 15) is 9.50 Å². The van der Waals surface area contributed by atoms with E-state index >= 15 is 0 Å². The van der Waals surface area contributed by atoms with E-state index in [1.54, 1.807) is 6.92 Å². The molecule has 1 unspecified atom stereocenters. The van der Waals surface area contributed by atoms with Crippen molar-refractivity contribution in [1.29, 1.82) is 0 Å². The van der Waals surface area contributed by atoms with Crippen LogP contribution in [-0.4, -0.2) is 15.2 Å². The van der Waals surface area contributed by atoms with Crippen molar-refractivity contribution in [1.82, 2.24) is 10.1 Å². The summed E-state index contributed by atoms with van der Waals surface area (Å²) < 4.78 is 18.4. The van der Waals surface area contributed by atoms with E-state index in [2.05, 4.69) is 10.1 Å².